The number of aryl methyl sites for hydroxylation is 2. The summed E-state index contributed by atoms with van der Waals surface area (Å²) in [7, 11) is -2.06. The average molecular weight is 413 g/mol. The molecule has 3 heterocycles. The number of rotatable bonds is 3. The summed E-state index contributed by atoms with van der Waals surface area (Å²) in [5.74, 6) is -0.891. The van der Waals surface area contributed by atoms with Crippen LogP contribution in [0.4, 0.5) is 4.39 Å². The summed E-state index contributed by atoms with van der Waals surface area (Å²) in [4.78, 5) is 5.62. The second-order valence-electron chi connectivity index (χ2n) is 6.77. The summed E-state index contributed by atoms with van der Waals surface area (Å²) in [6.07, 6.45) is -0.470. The molecule has 1 saturated heterocycles. The van der Waals surface area contributed by atoms with Gasteiger partial charge in [-0.3, -0.25) is 4.68 Å². The highest BCUT2D eigenvalue weighted by Crippen LogP contribution is 2.36. The van der Waals surface area contributed by atoms with Gasteiger partial charge >= 0.3 is 0 Å². The molecule has 2 aromatic rings. The van der Waals surface area contributed by atoms with E-state index in [4.69, 9.17) is 16.4 Å². The lowest BCUT2D eigenvalue weighted by Gasteiger charge is -2.17. The third-order valence-corrected chi connectivity index (χ3v) is 7.53. The maximum absolute atomic E-state index is 14.3. The van der Waals surface area contributed by atoms with E-state index in [9.17, 15) is 12.8 Å². The molecule has 0 N–H and O–H groups in total. The highest BCUT2D eigenvalue weighted by Gasteiger charge is 2.48. The normalized spacial score (nSPS) is 22.6. The Morgan fingerprint density at radius 2 is 2.04 bits per heavy atom. The van der Waals surface area contributed by atoms with Crippen molar-refractivity contribution in [3.05, 3.63) is 46.0 Å². The Morgan fingerprint density at radius 3 is 2.67 bits per heavy atom. The van der Waals surface area contributed by atoms with Crippen LogP contribution < -0.4 is 0 Å². The maximum atomic E-state index is 14.3. The van der Waals surface area contributed by atoms with Crippen LogP contribution in [0.3, 0.4) is 0 Å². The number of halogens is 2. The van der Waals surface area contributed by atoms with Gasteiger partial charge in [0.05, 0.1) is 40.1 Å². The van der Waals surface area contributed by atoms with Crippen LogP contribution in [0.5, 0.6) is 0 Å². The zero-order chi connectivity index (χ0) is 19.5. The van der Waals surface area contributed by atoms with Crippen LogP contribution in [0.15, 0.2) is 28.3 Å². The molecule has 2 aliphatic rings. The molecule has 144 valence electrons. The molecule has 2 atom stereocenters. The highest BCUT2D eigenvalue weighted by molar-refractivity contribution is 7.89. The van der Waals surface area contributed by atoms with E-state index in [-0.39, 0.29) is 34.5 Å². The smallest absolute Gasteiger partial charge is 0.246 e. The SMILES string of the molecule is Cc1nn(C)c(C)c1S(=O)(=O)N1CC2ON=C(c3c(F)cccc3Cl)C2C1. The maximum Gasteiger partial charge on any atom is 0.246 e. The second-order valence-corrected chi connectivity index (χ2v) is 9.05. The van der Waals surface area contributed by atoms with Crippen molar-refractivity contribution in [2.75, 3.05) is 13.1 Å². The Bertz CT molecular complexity index is 1050. The standard InChI is InChI=1S/C17H18ClFN4O3S/c1-9-17(10(2)22(3)20-9)27(24,25)23-7-11-14(8-23)26-21-16(11)15-12(18)5-4-6-13(15)19/h4-6,11,14H,7-8H2,1-3H3. The third kappa shape index (κ3) is 2.76. The zero-order valence-electron chi connectivity index (χ0n) is 15.0. The van der Waals surface area contributed by atoms with Gasteiger partial charge in [-0.2, -0.15) is 9.40 Å². The van der Waals surface area contributed by atoms with E-state index in [1.165, 1.54) is 16.4 Å². The zero-order valence-corrected chi connectivity index (χ0v) is 16.6. The molecule has 1 aromatic carbocycles. The van der Waals surface area contributed by atoms with Crippen LogP contribution in [0, 0.1) is 25.6 Å². The van der Waals surface area contributed by atoms with Crippen molar-refractivity contribution in [2.24, 2.45) is 18.1 Å². The number of hydrogen-bond acceptors (Lipinski definition) is 5. The summed E-state index contributed by atoms with van der Waals surface area (Å²) >= 11 is 6.15. The molecule has 27 heavy (non-hydrogen) atoms. The average Bonchev–Trinajstić information content (AvgIpc) is 3.22. The first-order chi connectivity index (χ1) is 12.7. The van der Waals surface area contributed by atoms with Crippen LogP contribution in [0.2, 0.25) is 5.02 Å². The molecule has 1 aromatic heterocycles. The Hall–Kier alpha value is -1.97. The van der Waals surface area contributed by atoms with Gasteiger partial charge in [0.25, 0.3) is 0 Å². The van der Waals surface area contributed by atoms with Gasteiger partial charge in [0.2, 0.25) is 10.0 Å². The summed E-state index contributed by atoms with van der Waals surface area (Å²) in [6.45, 7) is 3.66. The number of sulfonamides is 1. The quantitative estimate of drug-likeness (QED) is 0.774. The van der Waals surface area contributed by atoms with Crippen molar-refractivity contribution in [1.82, 2.24) is 14.1 Å². The van der Waals surface area contributed by atoms with Gasteiger partial charge in [-0.05, 0) is 26.0 Å². The number of benzene rings is 1. The van der Waals surface area contributed by atoms with Gasteiger partial charge in [0.15, 0.2) is 6.10 Å². The van der Waals surface area contributed by atoms with E-state index >= 15 is 0 Å². The lowest BCUT2D eigenvalue weighted by molar-refractivity contribution is 0.0803. The monoisotopic (exact) mass is 412 g/mol. The fraction of sp³-hybridized carbons (Fsp3) is 0.412. The Labute approximate surface area is 161 Å². The van der Waals surface area contributed by atoms with Crippen LogP contribution >= 0.6 is 11.6 Å². The molecule has 0 saturated carbocycles. The van der Waals surface area contributed by atoms with Crippen molar-refractivity contribution in [2.45, 2.75) is 24.8 Å². The van der Waals surface area contributed by atoms with Crippen LogP contribution in [-0.2, 0) is 21.9 Å². The Balaban J connectivity index is 1.67. The number of hydrogen-bond donors (Lipinski definition) is 0. The van der Waals surface area contributed by atoms with Gasteiger partial charge in [-0.25, -0.2) is 12.8 Å². The van der Waals surface area contributed by atoms with Gasteiger partial charge in [0, 0.05) is 13.6 Å². The molecule has 2 aliphatic heterocycles. The van der Waals surface area contributed by atoms with Crippen molar-refractivity contribution >= 4 is 27.3 Å². The highest BCUT2D eigenvalue weighted by atomic mass is 35.5. The first-order valence-corrected chi connectivity index (χ1v) is 10.2. The van der Waals surface area contributed by atoms with E-state index in [1.54, 1.807) is 31.6 Å². The predicted molar refractivity (Wildman–Crippen MR) is 97.8 cm³/mol. The van der Waals surface area contributed by atoms with Gasteiger partial charge < -0.3 is 4.84 Å². The van der Waals surface area contributed by atoms with E-state index in [1.807, 2.05) is 0 Å². The summed E-state index contributed by atoms with van der Waals surface area (Å²) < 4.78 is 43.5. The van der Waals surface area contributed by atoms with Crippen LogP contribution in [-0.4, -0.2) is 47.4 Å². The number of fused-ring (bicyclic) bond motifs is 1. The Kier molecular flexibility index (Phi) is 4.28. The molecular formula is C17H18ClFN4O3S. The van der Waals surface area contributed by atoms with Crippen molar-refractivity contribution < 1.29 is 17.6 Å². The number of aromatic nitrogens is 2. The molecule has 4 rings (SSSR count). The second kappa shape index (κ2) is 6.29. The molecule has 1 fully saturated rings. The molecule has 0 spiro atoms. The topological polar surface area (TPSA) is 76.8 Å². The molecule has 0 bridgehead atoms. The fourth-order valence-electron chi connectivity index (χ4n) is 3.73. The largest absolute Gasteiger partial charge is 0.390 e. The summed E-state index contributed by atoms with van der Waals surface area (Å²) in [6, 6.07) is 4.37. The minimum absolute atomic E-state index is 0.139. The van der Waals surface area contributed by atoms with E-state index in [0.29, 0.717) is 17.1 Å². The molecule has 0 aliphatic carbocycles. The van der Waals surface area contributed by atoms with Crippen molar-refractivity contribution in [3.8, 4) is 0 Å². The predicted octanol–water partition coefficient (Wildman–Crippen LogP) is 2.25. The van der Waals surface area contributed by atoms with Gasteiger partial charge in [0.1, 0.15) is 10.7 Å². The van der Waals surface area contributed by atoms with E-state index < -0.39 is 21.9 Å². The van der Waals surface area contributed by atoms with Gasteiger partial charge in [-0.15, -0.1) is 0 Å². The first kappa shape index (κ1) is 18.4. The molecule has 7 nitrogen and oxygen atoms in total. The number of nitrogens with zero attached hydrogens (tertiary/aromatic N) is 4. The minimum atomic E-state index is -3.76. The minimum Gasteiger partial charge on any atom is -0.390 e. The fourth-order valence-corrected chi connectivity index (χ4v) is 5.86. The molecule has 0 amide bonds. The molecule has 10 heteroatoms. The third-order valence-electron chi connectivity index (χ3n) is 5.13. The van der Waals surface area contributed by atoms with Crippen molar-refractivity contribution in [1.29, 1.82) is 0 Å². The Morgan fingerprint density at radius 1 is 1.30 bits per heavy atom. The van der Waals surface area contributed by atoms with Crippen molar-refractivity contribution in [3.63, 3.8) is 0 Å². The molecule has 0 radical (unpaired) electrons. The molecular weight excluding hydrogens is 395 g/mol. The first-order valence-electron chi connectivity index (χ1n) is 8.40. The van der Waals surface area contributed by atoms with E-state index in [0.717, 1.165) is 0 Å². The lowest BCUT2D eigenvalue weighted by atomic mass is 9.94. The summed E-state index contributed by atoms with van der Waals surface area (Å²) in [5, 5.41) is 8.41. The number of oxime groups is 1. The van der Waals surface area contributed by atoms with Crippen LogP contribution in [0.1, 0.15) is 17.0 Å². The van der Waals surface area contributed by atoms with E-state index in [2.05, 4.69) is 10.3 Å². The van der Waals surface area contributed by atoms with Crippen LogP contribution in [0.25, 0.3) is 0 Å². The molecule has 2 unspecified atom stereocenters. The summed E-state index contributed by atoms with van der Waals surface area (Å²) in [5.41, 5.74) is 1.52. The van der Waals surface area contributed by atoms with Gasteiger partial charge in [-0.1, -0.05) is 22.8 Å². The lowest BCUT2D eigenvalue weighted by Crippen LogP contribution is -2.31.